The average molecular weight is 294 g/mol. The van der Waals surface area contributed by atoms with Gasteiger partial charge in [0.05, 0.1) is 11.1 Å². The maximum absolute atomic E-state index is 5.95. The second-order valence-corrected chi connectivity index (χ2v) is 5.26. The zero-order valence-corrected chi connectivity index (χ0v) is 12.6. The van der Waals surface area contributed by atoms with Gasteiger partial charge < -0.3 is 11.1 Å². The number of benzene rings is 1. The maximum Gasteiger partial charge on any atom is 0.225 e. The third-order valence-electron chi connectivity index (χ3n) is 3.27. The van der Waals surface area contributed by atoms with Crippen molar-refractivity contribution in [3.05, 3.63) is 42.0 Å². The summed E-state index contributed by atoms with van der Waals surface area (Å²) in [6, 6.07) is 9.89. The molecule has 0 amide bonds. The van der Waals surface area contributed by atoms with E-state index in [4.69, 9.17) is 5.73 Å². The predicted octanol–water partition coefficient (Wildman–Crippen LogP) is 2.98. The van der Waals surface area contributed by atoms with Gasteiger partial charge in [-0.05, 0) is 13.8 Å². The number of hydrogen-bond acceptors (Lipinski definition) is 5. The van der Waals surface area contributed by atoms with Crippen LogP contribution in [0.5, 0.6) is 0 Å². The fourth-order valence-electron chi connectivity index (χ4n) is 2.18. The molecule has 2 aromatic heterocycles. The van der Waals surface area contributed by atoms with Gasteiger partial charge in [0.2, 0.25) is 5.95 Å². The number of anilines is 2. The van der Waals surface area contributed by atoms with Crippen LogP contribution in [0.3, 0.4) is 0 Å². The molecule has 0 saturated heterocycles. The fourth-order valence-corrected chi connectivity index (χ4v) is 2.18. The number of H-pyrrole nitrogens is 1. The van der Waals surface area contributed by atoms with E-state index < -0.39 is 0 Å². The lowest BCUT2D eigenvalue weighted by Gasteiger charge is -2.07. The van der Waals surface area contributed by atoms with Gasteiger partial charge in [-0.3, -0.25) is 5.10 Å². The van der Waals surface area contributed by atoms with E-state index in [0.29, 0.717) is 24.0 Å². The fraction of sp³-hybridized carbons (Fsp3) is 0.188. The summed E-state index contributed by atoms with van der Waals surface area (Å²) in [6.45, 7) is 4.78. The highest BCUT2D eigenvalue weighted by molar-refractivity contribution is 5.98. The van der Waals surface area contributed by atoms with Crippen molar-refractivity contribution in [3.8, 4) is 11.3 Å². The lowest BCUT2D eigenvalue weighted by Crippen LogP contribution is -2.05. The minimum absolute atomic E-state index is 0.407. The van der Waals surface area contributed by atoms with Gasteiger partial charge in [0.15, 0.2) is 11.5 Å². The number of nitrogens with zero attached hydrogens (tertiary/aromatic N) is 3. The van der Waals surface area contributed by atoms with Gasteiger partial charge in [0.25, 0.3) is 0 Å². The van der Waals surface area contributed by atoms with E-state index in [1.165, 1.54) is 5.57 Å². The molecule has 0 bridgehead atoms. The topological polar surface area (TPSA) is 92.5 Å². The van der Waals surface area contributed by atoms with Gasteiger partial charge >= 0.3 is 0 Å². The summed E-state index contributed by atoms with van der Waals surface area (Å²) in [5, 5.41) is 10.8. The summed E-state index contributed by atoms with van der Waals surface area (Å²) >= 11 is 0. The molecule has 0 atom stereocenters. The Labute approximate surface area is 128 Å². The SMILES string of the molecule is CC(C)=CCNc1nc(-c2ccccc2)c2c(N)n[nH]c2n1. The Morgan fingerprint density at radius 3 is 2.73 bits per heavy atom. The number of nitrogens with one attached hydrogen (secondary N) is 2. The summed E-state index contributed by atoms with van der Waals surface area (Å²) in [5.41, 5.74) is 9.58. The second kappa shape index (κ2) is 5.85. The molecule has 0 unspecified atom stereocenters. The molecule has 3 aromatic rings. The highest BCUT2D eigenvalue weighted by atomic mass is 15.2. The molecule has 6 nitrogen and oxygen atoms in total. The smallest absolute Gasteiger partial charge is 0.225 e. The van der Waals surface area contributed by atoms with Crippen LogP contribution in [0.4, 0.5) is 11.8 Å². The van der Waals surface area contributed by atoms with Crippen LogP contribution < -0.4 is 11.1 Å². The zero-order chi connectivity index (χ0) is 15.5. The molecule has 0 aliphatic heterocycles. The van der Waals surface area contributed by atoms with Gasteiger partial charge in [-0.2, -0.15) is 10.1 Å². The van der Waals surface area contributed by atoms with E-state index >= 15 is 0 Å². The highest BCUT2D eigenvalue weighted by Gasteiger charge is 2.14. The van der Waals surface area contributed by atoms with Gasteiger partial charge in [-0.15, -0.1) is 0 Å². The van der Waals surface area contributed by atoms with Crippen LogP contribution >= 0.6 is 0 Å². The Bertz CT molecular complexity index is 815. The van der Waals surface area contributed by atoms with E-state index in [2.05, 4.69) is 45.4 Å². The van der Waals surface area contributed by atoms with Crippen molar-refractivity contribution in [2.45, 2.75) is 13.8 Å². The minimum atomic E-state index is 0.407. The van der Waals surface area contributed by atoms with Crippen LogP contribution in [0.1, 0.15) is 13.8 Å². The number of aromatic nitrogens is 4. The molecule has 112 valence electrons. The number of allylic oxidation sites excluding steroid dienone is 1. The molecule has 0 aliphatic rings. The molecule has 2 heterocycles. The molecule has 22 heavy (non-hydrogen) atoms. The summed E-state index contributed by atoms with van der Waals surface area (Å²) in [5.74, 6) is 0.956. The number of hydrogen-bond donors (Lipinski definition) is 3. The number of fused-ring (bicyclic) bond motifs is 1. The Balaban J connectivity index is 2.08. The molecule has 0 saturated carbocycles. The van der Waals surface area contributed by atoms with Crippen molar-refractivity contribution in [2.24, 2.45) is 0 Å². The van der Waals surface area contributed by atoms with Gasteiger partial charge in [-0.25, -0.2) is 4.98 Å². The van der Waals surface area contributed by atoms with Crippen molar-refractivity contribution in [1.29, 1.82) is 0 Å². The summed E-state index contributed by atoms with van der Waals surface area (Å²) in [7, 11) is 0. The largest absolute Gasteiger partial charge is 0.382 e. The molecular weight excluding hydrogens is 276 g/mol. The average Bonchev–Trinajstić information content (AvgIpc) is 2.88. The molecule has 0 aliphatic carbocycles. The van der Waals surface area contributed by atoms with E-state index in [1.807, 2.05) is 30.3 Å². The summed E-state index contributed by atoms with van der Waals surface area (Å²) < 4.78 is 0. The number of rotatable bonds is 4. The number of aromatic amines is 1. The highest BCUT2D eigenvalue weighted by Crippen LogP contribution is 2.29. The number of nitrogen functional groups attached to an aromatic ring is 1. The first-order valence-electron chi connectivity index (χ1n) is 7.09. The first kappa shape index (κ1) is 14.1. The third kappa shape index (κ3) is 2.76. The Kier molecular flexibility index (Phi) is 3.74. The van der Waals surface area contributed by atoms with E-state index in [1.54, 1.807) is 0 Å². The van der Waals surface area contributed by atoms with Crippen LogP contribution in [0.15, 0.2) is 42.0 Å². The summed E-state index contributed by atoms with van der Waals surface area (Å²) in [6.07, 6.45) is 2.08. The molecule has 0 spiro atoms. The van der Waals surface area contributed by atoms with Crippen LogP contribution in [-0.4, -0.2) is 26.7 Å². The Morgan fingerprint density at radius 1 is 1.23 bits per heavy atom. The molecule has 6 heteroatoms. The van der Waals surface area contributed by atoms with Crippen LogP contribution in [0.2, 0.25) is 0 Å². The van der Waals surface area contributed by atoms with Gasteiger partial charge in [0, 0.05) is 12.1 Å². The first-order valence-corrected chi connectivity index (χ1v) is 7.09. The maximum atomic E-state index is 5.95. The van der Waals surface area contributed by atoms with E-state index in [-0.39, 0.29) is 0 Å². The normalized spacial score (nSPS) is 10.6. The van der Waals surface area contributed by atoms with E-state index in [0.717, 1.165) is 16.6 Å². The summed E-state index contributed by atoms with van der Waals surface area (Å²) in [4.78, 5) is 9.04. The van der Waals surface area contributed by atoms with Crippen molar-refractivity contribution < 1.29 is 0 Å². The molecule has 0 fully saturated rings. The van der Waals surface area contributed by atoms with Crippen LogP contribution in [-0.2, 0) is 0 Å². The van der Waals surface area contributed by atoms with E-state index in [9.17, 15) is 0 Å². The molecular formula is C16H18N6. The van der Waals surface area contributed by atoms with Crippen molar-refractivity contribution in [1.82, 2.24) is 20.2 Å². The third-order valence-corrected chi connectivity index (χ3v) is 3.27. The van der Waals surface area contributed by atoms with Crippen molar-refractivity contribution in [2.75, 3.05) is 17.6 Å². The monoisotopic (exact) mass is 294 g/mol. The molecule has 1 aromatic carbocycles. The van der Waals surface area contributed by atoms with Crippen molar-refractivity contribution >= 4 is 22.8 Å². The molecule has 4 N–H and O–H groups in total. The minimum Gasteiger partial charge on any atom is -0.382 e. The lowest BCUT2D eigenvalue weighted by atomic mass is 10.1. The Hall–Kier alpha value is -2.89. The Morgan fingerprint density at radius 2 is 2.00 bits per heavy atom. The van der Waals surface area contributed by atoms with Crippen LogP contribution in [0, 0.1) is 0 Å². The standard InChI is InChI=1S/C16H18N6/c1-10(2)8-9-18-16-19-13(11-6-4-3-5-7-11)12-14(17)21-22-15(12)20-16/h3-8H,9H2,1-2H3,(H4,17,18,19,20,21,22). The molecule has 0 radical (unpaired) electrons. The zero-order valence-electron chi connectivity index (χ0n) is 12.6. The van der Waals surface area contributed by atoms with Crippen LogP contribution in [0.25, 0.3) is 22.3 Å². The second-order valence-electron chi connectivity index (χ2n) is 5.26. The van der Waals surface area contributed by atoms with Gasteiger partial charge in [0.1, 0.15) is 0 Å². The first-order chi connectivity index (χ1) is 10.6. The van der Waals surface area contributed by atoms with Crippen molar-refractivity contribution in [3.63, 3.8) is 0 Å². The lowest BCUT2D eigenvalue weighted by molar-refractivity contribution is 1.08. The molecule has 3 rings (SSSR count). The quantitative estimate of drug-likeness (QED) is 0.643. The predicted molar refractivity (Wildman–Crippen MR) is 89.5 cm³/mol. The number of nitrogens with two attached hydrogens (primary N) is 1. The van der Waals surface area contributed by atoms with Gasteiger partial charge in [-0.1, -0.05) is 42.0 Å².